The van der Waals surface area contributed by atoms with E-state index in [1.165, 1.54) is 6.92 Å². The van der Waals surface area contributed by atoms with Crippen LogP contribution in [0.4, 0.5) is 0 Å². The Labute approximate surface area is 179 Å². The minimum absolute atomic E-state index is 0.213. The molecule has 30 heavy (non-hydrogen) atoms. The molecule has 1 aromatic carbocycles. The van der Waals surface area contributed by atoms with Gasteiger partial charge in [-0.25, -0.2) is 5.01 Å². The number of rotatable bonds is 6. The van der Waals surface area contributed by atoms with Crippen molar-refractivity contribution in [1.29, 1.82) is 0 Å². The Morgan fingerprint density at radius 1 is 1.17 bits per heavy atom. The Kier molecular flexibility index (Phi) is 7.49. The first kappa shape index (κ1) is 22.3. The standard InChI is InChI=1S/C21H27N3O5S/c1-14(25)30-17(13-15-7-3-2-4-8-15)19(26)22-18-16(21(28)29)9-12-23-10-5-6-11-24(23)20(18)27/h2-4,7-8,16-18H,5-6,9-13H2,1H3,(H,22,26)(H,28,29)/t16-,17-,18-/m0/s1. The van der Waals surface area contributed by atoms with Gasteiger partial charge in [-0.05, 0) is 31.2 Å². The molecule has 0 spiro atoms. The van der Waals surface area contributed by atoms with E-state index in [-0.39, 0.29) is 17.4 Å². The van der Waals surface area contributed by atoms with Crippen LogP contribution in [0.25, 0.3) is 0 Å². The lowest BCUT2D eigenvalue weighted by Crippen LogP contribution is -2.58. The van der Waals surface area contributed by atoms with E-state index < -0.39 is 29.1 Å². The van der Waals surface area contributed by atoms with Gasteiger partial charge in [0, 0.05) is 26.6 Å². The van der Waals surface area contributed by atoms with Crippen molar-refractivity contribution < 1.29 is 24.3 Å². The molecule has 3 rings (SSSR count). The molecule has 2 aliphatic heterocycles. The summed E-state index contributed by atoms with van der Waals surface area (Å²) < 4.78 is 0. The number of nitrogens with zero attached hydrogens (tertiary/aromatic N) is 2. The van der Waals surface area contributed by atoms with Gasteiger partial charge in [0.2, 0.25) is 5.91 Å². The van der Waals surface area contributed by atoms with Crippen molar-refractivity contribution in [2.24, 2.45) is 5.92 Å². The van der Waals surface area contributed by atoms with E-state index in [4.69, 9.17) is 0 Å². The predicted octanol–water partition coefficient (Wildman–Crippen LogP) is 1.31. The topological polar surface area (TPSA) is 107 Å². The smallest absolute Gasteiger partial charge is 0.309 e. The van der Waals surface area contributed by atoms with Crippen LogP contribution in [0.1, 0.15) is 31.7 Å². The van der Waals surface area contributed by atoms with E-state index in [9.17, 15) is 24.3 Å². The van der Waals surface area contributed by atoms with Gasteiger partial charge < -0.3 is 10.4 Å². The van der Waals surface area contributed by atoms with Crippen LogP contribution in [-0.4, -0.2) is 68.9 Å². The van der Waals surface area contributed by atoms with Crippen molar-refractivity contribution in [2.75, 3.05) is 19.6 Å². The van der Waals surface area contributed by atoms with E-state index in [0.29, 0.717) is 26.1 Å². The molecule has 0 bridgehead atoms. The second-order valence-electron chi connectivity index (χ2n) is 7.63. The normalized spacial score (nSPS) is 23.2. The van der Waals surface area contributed by atoms with Gasteiger partial charge in [0.25, 0.3) is 5.91 Å². The number of aliphatic carboxylic acids is 1. The number of fused-ring (bicyclic) bond motifs is 1. The van der Waals surface area contributed by atoms with Crippen molar-refractivity contribution in [3.05, 3.63) is 35.9 Å². The fraction of sp³-hybridized carbons (Fsp3) is 0.524. The van der Waals surface area contributed by atoms with Crippen LogP contribution >= 0.6 is 11.8 Å². The second-order valence-corrected chi connectivity index (χ2v) is 9.01. The van der Waals surface area contributed by atoms with E-state index >= 15 is 0 Å². The molecule has 2 heterocycles. The van der Waals surface area contributed by atoms with Crippen molar-refractivity contribution >= 4 is 34.7 Å². The van der Waals surface area contributed by atoms with Crippen molar-refractivity contribution in [2.45, 2.75) is 43.9 Å². The number of thioether (sulfide) groups is 1. The van der Waals surface area contributed by atoms with Gasteiger partial charge in [-0.15, -0.1) is 0 Å². The summed E-state index contributed by atoms with van der Waals surface area (Å²) in [6.45, 7) is 3.08. The molecule has 2 fully saturated rings. The van der Waals surface area contributed by atoms with E-state index in [1.807, 2.05) is 35.3 Å². The first-order valence-corrected chi connectivity index (χ1v) is 11.1. The Balaban J connectivity index is 1.80. The summed E-state index contributed by atoms with van der Waals surface area (Å²) in [7, 11) is 0. The third-order valence-electron chi connectivity index (χ3n) is 5.48. The minimum atomic E-state index is -1.15. The molecule has 2 amide bonds. The van der Waals surface area contributed by atoms with E-state index in [1.54, 1.807) is 5.01 Å². The van der Waals surface area contributed by atoms with Crippen LogP contribution in [0.2, 0.25) is 0 Å². The van der Waals surface area contributed by atoms with Gasteiger partial charge in [-0.3, -0.25) is 24.2 Å². The fourth-order valence-corrected chi connectivity index (χ4v) is 4.83. The number of hydrazine groups is 1. The van der Waals surface area contributed by atoms with Crippen LogP contribution in [-0.2, 0) is 25.6 Å². The van der Waals surface area contributed by atoms with Gasteiger partial charge in [0.1, 0.15) is 6.04 Å². The summed E-state index contributed by atoms with van der Waals surface area (Å²) in [5.41, 5.74) is 0.885. The van der Waals surface area contributed by atoms with Crippen molar-refractivity contribution in [1.82, 2.24) is 15.3 Å². The monoisotopic (exact) mass is 433 g/mol. The zero-order chi connectivity index (χ0) is 21.7. The molecule has 9 heteroatoms. The highest BCUT2D eigenvalue weighted by Gasteiger charge is 2.43. The number of carboxylic acid groups (broad SMARTS) is 1. The molecule has 0 saturated carbocycles. The Morgan fingerprint density at radius 2 is 1.87 bits per heavy atom. The van der Waals surface area contributed by atoms with Gasteiger partial charge in [0.15, 0.2) is 5.12 Å². The molecule has 0 aliphatic carbocycles. The van der Waals surface area contributed by atoms with Crippen LogP contribution in [0.5, 0.6) is 0 Å². The second kappa shape index (κ2) is 10.1. The summed E-state index contributed by atoms with van der Waals surface area (Å²) in [5, 5.41) is 14.9. The van der Waals surface area contributed by atoms with Crippen LogP contribution in [0.3, 0.4) is 0 Å². The molecule has 0 aromatic heterocycles. The van der Waals surface area contributed by atoms with Crippen LogP contribution < -0.4 is 5.32 Å². The predicted molar refractivity (Wildman–Crippen MR) is 112 cm³/mol. The Hall–Kier alpha value is -2.39. The highest BCUT2D eigenvalue weighted by atomic mass is 32.2. The number of benzene rings is 1. The van der Waals surface area contributed by atoms with Gasteiger partial charge in [0.05, 0.1) is 11.2 Å². The minimum Gasteiger partial charge on any atom is -0.481 e. The average molecular weight is 434 g/mol. The fourth-order valence-electron chi connectivity index (χ4n) is 3.98. The Bertz CT molecular complexity index is 803. The van der Waals surface area contributed by atoms with Gasteiger partial charge >= 0.3 is 5.97 Å². The van der Waals surface area contributed by atoms with E-state index in [2.05, 4.69) is 5.32 Å². The maximum atomic E-state index is 13.2. The van der Waals surface area contributed by atoms with Crippen molar-refractivity contribution in [3.63, 3.8) is 0 Å². The summed E-state index contributed by atoms with van der Waals surface area (Å²) >= 11 is 0.896. The third kappa shape index (κ3) is 5.40. The van der Waals surface area contributed by atoms with Crippen molar-refractivity contribution in [3.8, 4) is 0 Å². The highest BCUT2D eigenvalue weighted by Crippen LogP contribution is 2.25. The summed E-state index contributed by atoms with van der Waals surface area (Å²) in [6.07, 6.45) is 2.38. The van der Waals surface area contributed by atoms with Gasteiger partial charge in [-0.1, -0.05) is 42.1 Å². The number of carbonyl (C=O) groups is 4. The molecule has 2 N–H and O–H groups in total. The number of nitrogens with one attached hydrogen (secondary N) is 1. The number of amides is 2. The van der Waals surface area contributed by atoms with Gasteiger partial charge in [-0.2, -0.15) is 0 Å². The van der Waals surface area contributed by atoms with Crippen LogP contribution in [0.15, 0.2) is 30.3 Å². The van der Waals surface area contributed by atoms with Crippen LogP contribution in [0, 0.1) is 5.92 Å². The lowest BCUT2D eigenvalue weighted by atomic mass is 9.95. The molecule has 8 nitrogen and oxygen atoms in total. The highest BCUT2D eigenvalue weighted by molar-refractivity contribution is 8.14. The molecule has 3 atom stereocenters. The Morgan fingerprint density at radius 3 is 2.53 bits per heavy atom. The number of carboxylic acids is 1. The number of hydrogen-bond acceptors (Lipinski definition) is 6. The number of carbonyl (C=O) groups excluding carboxylic acids is 3. The molecule has 1 aromatic rings. The molecular weight excluding hydrogens is 406 g/mol. The zero-order valence-corrected chi connectivity index (χ0v) is 17.8. The first-order valence-electron chi connectivity index (χ1n) is 10.2. The quantitative estimate of drug-likeness (QED) is 0.696. The average Bonchev–Trinajstić information content (AvgIpc) is 2.85. The lowest BCUT2D eigenvalue weighted by Gasteiger charge is -2.38. The van der Waals surface area contributed by atoms with E-state index in [0.717, 1.165) is 30.2 Å². The molecule has 0 unspecified atom stereocenters. The molecule has 2 aliphatic rings. The molecule has 0 radical (unpaired) electrons. The third-order valence-corrected chi connectivity index (χ3v) is 6.48. The molecule has 2 saturated heterocycles. The first-order chi connectivity index (χ1) is 14.4. The molecular formula is C21H27N3O5S. The lowest BCUT2D eigenvalue weighted by molar-refractivity contribution is -0.156. The maximum absolute atomic E-state index is 13.2. The summed E-state index contributed by atoms with van der Waals surface area (Å²) in [6, 6.07) is 8.14. The maximum Gasteiger partial charge on any atom is 0.309 e. The molecule has 162 valence electrons. The zero-order valence-electron chi connectivity index (χ0n) is 17.0. The summed E-state index contributed by atoms with van der Waals surface area (Å²) in [4.78, 5) is 49.9. The summed E-state index contributed by atoms with van der Waals surface area (Å²) in [5.74, 6) is -2.99. The number of hydrogen-bond donors (Lipinski definition) is 2. The largest absolute Gasteiger partial charge is 0.481 e. The SMILES string of the molecule is CC(=O)S[C@@H](Cc1ccccc1)C(=O)N[C@@H]1C(=O)N2CCCCN2CC[C@@H]1C(=O)O.